The molecule has 0 atom stereocenters. The van der Waals surface area contributed by atoms with E-state index in [9.17, 15) is 9.59 Å². The van der Waals surface area contributed by atoms with Crippen molar-refractivity contribution in [2.75, 3.05) is 11.4 Å². The van der Waals surface area contributed by atoms with Crippen molar-refractivity contribution in [3.63, 3.8) is 0 Å². The van der Waals surface area contributed by atoms with E-state index in [0.717, 1.165) is 11.3 Å². The third kappa shape index (κ3) is 2.39. The molecule has 1 fully saturated rings. The lowest BCUT2D eigenvalue weighted by Crippen LogP contribution is -2.43. The van der Waals surface area contributed by atoms with E-state index in [1.54, 1.807) is 17.0 Å². The van der Waals surface area contributed by atoms with Crippen molar-refractivity contribution < 1.29 is 14.7 Å². The zero-order chi connectivity index (χ0) is 15.1. The SMILES string of the molecule is O=C(O)c1csc(-c2c(Cl)ccc(N3CCC3=O)c2Cl)n1. The van der Waals surface area contributed by atoms with Crippen molar-refractivity contribution in [1.82, 2.24) is 4.98 Å². The quantitative estimate of drug-likeness (QED) is 0.866. The van der Waals surface area contributed by atoms with Gasteiger partial charge in [-0.05, 0) is 12.1 Å². The van der Waals surface area contributed by atoms with Gasteiger partial charge in [-0.1, -0.05) is 23.2 Å². The Morgan fingerprint density at radius 3 is 2.67 bits per heavy atom. The topological polar surface area (TPSA) is 70.5 Å². The first kappa shape index (κ1) is 14.3. The Hall–Kier alpha value is -1.63. The zero-order valence-corrected chi connectivity index (χ0v) is 12.8. The number of thiazole rings is 1. The van der Waals surface area contributed by atoms with Gasteiger partial charge in [0.2, 0.25) is 5.91 Å². The highest BCUT2D eigenvalue weighted by Crippen LogP contribution is 2.43. The normalized spacial score (nSPS) is 14.2. The summed E-state index contributed by atoms with van der Waals surface area (Å²) in [5.41, 5.74) is 0.958. The van der Waals surface area contributed by atoms with Gasteiger partial charge in [0.05, 0.1) is 15.7 Å². The lowest BCUT2D eigenvalue weighted by molar-refractivity contribution is -0.122. The van der Waals surface area contributed by atoms with Gasteiger partial charge in [-0.25, -0.2) is 9.78 Å². The second kappa shape index (κ2) is 5.29. The first-order chi connectivity index (χ1) is 9.99. The Labute approximate surface area is 133 Å². The Morgan fingerprint density at radius 2 is 2.14 bits per heavy atom. The number of carboxylic acid groups (broad SMARTS) is 1. The number of carbonyl (C=O) groups is 2. The van der Waals surface area contributed by atoms with Gasteiger partial charge in [0, 0.05) is 23.9 Å². The summed E-state index contributed by atoms with van der Waals surface area (Å²) < 4.78 is 0. The summed E-state index contributed by atoms with van der Waals surface area (Å²) in [5.74, 6) is -1.12. The summed E-state index contributed by atoms with van der Waals surface area (Å²) in [5, 5.41) is 11.4. The van der Waals surface area contributed by atoms with Gasteiger partial charge in [-0.2, -0.15) is 0 Å². The molecule has 1 aliphatic heterocycles. The highest BCUT2D eigenvalue weighted by atomic mass is 35.5. The maximum Gasteiger partial charge on any atom is 0.355 e. The molecule has 0 saturated carbocycles. The number of benzene rings is 1. The van der Waals surface area contributed by atoms with Crippen LogP contribution in [0.2, 0.25) is 10.0 Å². The van der Waals surface area contributed by atoms with Crippen LogP contribution in [0.4, 0.5) is 5.69 Å². The summed E-state index contributed by atoms with van der Waals surface area (Å²) >= 11 is 13.7. The molecular formula is C13H8Cl2N2O3S. The van der Waals surface area contributed by atoms with E-state index in [1.807, 2.05) is 0 Å². The first-order valence-electron chi connectivity index (χ1n) is 5.96. The van der Waals surface area contributed by atoms with E-state index >= 15 is 0 Å². The number of carboxylic acids is 1. The lowest BCUT2D eigenvalue weighted by Gasteiger charge is -2.31. The molecule has 1 amide bonds. The van der Waals surface area contributed by atoms with Crippen molar-refractivity contribution in [2.45, 2.75) is 6.42 Å². The summed E-state index contributed by atoms with van der Waals surface area (Å²) in [6.45, 7) is 0.609. The minimum atomic E-state index is -1.11. The van der Waals surface area contributed by atoms with Crippen molar-refractivity contribution in [2.24, 2.45) is 0 Å². The average Bonchev–Trinajstić information content (AvgIpc) is 2.90. The molecule has 0 unspecified atom stereocenters. The highest BCUT2D eigenvalue weighted by Gasteiger charge is 2.29. The maximum absolute atomic E-state index is 11.6. The molecule has 1 aliphatic rings. The van der Waals surface area contributed by atoms with Crippen LogP contribution >= 0.6 is 34.5 Å². The van der Waals surface area contributed by atoms with Gasteiger partial charge in [0.15, 0.2) is 5.69 Å². The second-order valence-corrected chi connectivity index (χ2v) is 6.04. The molecule has 2 heterocycles. The minimum absolute atomic E-state index is 0.00413. The minimum Gasteiger partial charge on any atom is -0.476 e. The van der Waals surface area contributed by atoms with E-state index in [-0.39, 0.29) is 11.6 Å². The van der Waals surface area contributed by atoms with E-state index in [0.29, 0.717) is 39.3 Å². The van der Waals surface area contributed by atoms with Gasteiger partial charge >= 0.3 is 5.97 Å². The Bertz CT molecular complexity index is 760. The number of hydrogen-bond donors (Lipinski definition) is 1. The summed E-state index contributed by atoms with van der Waals surface area (Å²) in [6.07, 6.45) is 0.495. The predicted octanol–water partition coefficient (Wildman–Crippen LogP) is 3.55. The molecule has 8 heteroatoms. The fourth-order valence-corrected chi connectivity index (χ4v) is 3.62. The molecule has 0 spiro atoms. The molecule has 108 valence electrons. The Morgan fingerprint density at radius 1 is 1.38 bits per heavy atom. The number of hydrogen-bond acceptors (Lipinski definition) is 4. The molecule has 1 N–H and O–H groups in total. The van der Waals surface area contributed by atoms with Crippen LogP contribution in [0.1, 0.15) is 16.9 Å². The molecule has 21 heavy (non-hydrogen) atoms. The summed E-state index contributed by atoms with van der Waals surface area (Å²) in [6, 6.07) is 3.31. The number of rotatable bonds is 3. The Balaban J connectivity index is 2.10. The van der Waals surface area contributed by atoms with Crippen LogP contribution in [-0.4, -0.2) is 28.5 Å². The van der Waals surface area contributed by atoms with Gasteiger partial charge in [-0.3, -0.25) is 4.79 Å². The largest absolute Gasteiger partial charge is 0.476 e. The number of β-lactam (4-membered cyclic amide) rings is 1. The molecule has 2 aromatic rings. The number of anilines is 1. The molecule has 3 rings (SSSR count). The summed E-state index contributed by atoms with van der Waals surface area (Å²) in [7, 11) is 0. The number of carbonyl (C=O) groups excluding carboxylic acids is 1. The monoisotopic (exact) mass is 342 g/mol. The Kier molecular flexibility index (Phi) is 3.61. The van der Waals surface area contributed by atoms with Gasteiger partial charge < -0.3 is 10.0 Å². The van der Waals surface area contributed by atoms with Gasteiger partial charge in [-0.15, -0.1) is 11.3 Å². The number of halogens is 2. The third-order valence-corrected chi connectivity index (χ3v) is 4.71. The van der Waals surface area contributed by atoms with E-state index in [1.165, 1.54) is 5.38 Å². The van der Waals surface area contributed by atoms with Crippen LogP contribution in [0, 0.1) is 0 Å². The standard InChI is InChI=1S/C13H8Cl2N2O3S/c14-6-1-2-8(17-4-3-9(17)18)11(15)10(6)12-16-7(5-21-12)13(19)20/h1-2,5H,3-4H2,(H,19,20). The van der Waals surface area contributed by atoms with Gasteiger partial charge in [0.1, 0.15) is 5.01 Å². The van der Waals surface area contributed by atoms with E-state index < -0.39 is 5.97 Å². The summed E-state index contributed by atoms with van der Waals surface area (Å²) in [4.78, 5) is 28.0. The van der Waals surface area contributed by atoms with Crippen LogP contribution in [0.15, 0.2) is 17.5 Å². The smallest absolute Gasteiger partial charge is 0.355 e. The van der Waals surface area contributed by atoms with E-state index in [4.69, 9.17) is 28.3 Å². The molecule has 0 bridgehead atoms. The third-order valence-electron chi connectivity index (χ3n) is 3.15. The van der Waals surface area contributed by atoms with Gasteiger partial charge in [0.25, 0.3) is 0 Å². The fourth-order valence-electron chi connectivity index (χ4n) is 2.00. The number of aromatic nitrogens is 1. The maximum atomic E-state index is 11.6. The second-order valence-electron chi connectivity index (χ2n) is 4.39. The van der Waals surface area contributed by atoms with Crippen molar-refractivity contribution in [3.8, 4) is 10.6 Å². The van der Waals surface area contributed by atoms with Crippen LogP contribution in [0.3, 0.4) is 0 Å². The number of amides is 1. The fraction of sp³-hybridized carbons (Fsp3) is 0.154. The number of nitrogens with zero attached hydrogens (tertiary/aromatic N) is 2. The number of aromatic carboxylic acids is 1. The van der Waals surface area contributed by atoms with E-state index in [2.05, 4.69) is 4.98 Å². The molecule has 1 aromatic carbocycles. The van der Waals surface area contributed by atoms with Crippen molar-refractivity contribution in [3.05, 3.63) is 33.3 Å². The molecule has 5 nitrogen and oxygen atoms in total. The first-order valence-corrected chi connectivity index (χ1v) is 7.60. The van der Waals surface area contributed by atoms with Crippen molar-refractivity contribution in [1.29, 1.82) is 0 Å². The highest BCUT2D eigenvalue weighted by molar-refractivity contribution is 7.13. The van der Waals surface area contributed by atoms with Crippen LogP contribution in [0.25, 0.3) is 10.6 Å². The van der Waals surface area contributed by atoms with Crippen molar-refractivity contribution >= 4 is 52.1 Å². The average molecular weight is 343 g/mol. The molecule has 0 aliphatic carbocycles. The molecular weight excluding hydrogens is 335 g/mol. The van der Waals surface area contributed by atoms with Crippen LogP contribution in [0.5, 0.6) is 0 Å². The molecule has 0 radical (unpaired) electrons. The lowest BCUT2D eigenvalue weighted by atomic mass is 10.1. The molecule has 1 saturated heterocycles. The van der Waals surface area contributed by atoms with Crippen LogP contribution < -0.4 is 4.90 Å². The predicted molar refractivity (Wildman–Crippen MR) is 81.5 cm³/mol. The molecule has 1 aromatic heterocycles. The van der Waals surface area contributed by atoms with Crippen LogP contribution in [-0.2, 0) is 4.79 Å². The zero-order valence-electron chi connectivity index (χ0n) is 10.5.